The summed E-state index contributed by atoms with van der Waals surface area (Å²) in [7, 11) is 3.53. The molecule has 0 bridgehead atoms. The first-order valence-corrected chi connectivity index (χ1v) is 6.84. The lowest BCUT2D eigenvalue weighted by Crippen LogP contribution is -2.39. The molecule has 0 aromatic carbocycles. The van der Waals surface area contributed by atoms with Crippen LogP contribution in [0.2, 0.25) is 0 Å². The van der Waals surface area contributed by atoms with Gasteiger partial charge in [-0.2, -0.15) is 0 Å². The number of hydrogen-bond donors (Lipinski definition) is 2. The van der Waals surface area contributed by atoms with E-state index < -0.39 is 0 Å². The number of amides is 1. The normalized spacial score (nSPS) is 24.2. The summed E-state index contributed by atoms with van der Waals surface area (Å²) in [6.07, 6.45) is 0.893. The first kappa shape index (κ1) is 13.2. The molecule has 0 saturated carbocycles. The first-order chi connectivity index (χ1) is 8.57. The Bertz CT molecular complexity index is 435. The predicted octanol–water partition coefficient (Wildman–Crippen LogP) is 0.538. The maximum atomic E-state index is 11.8. The molecule has 1 atom stereocenters. The Labute approximate surface area is 111 Å². The molecule has 0 radical (unpaired) electrons. The fourth-order valence-electron chi connectivity index (χ4n) is 2.29. The quantitative estimate of drug-likeness (QED) is 0.835. The summed E-state index contributed by atoms with van der Waals surface area (Å²) in [5.74, 6) is 0.123. The molecule has 100 valence electrons. The molecule has 1 unspecified atom stereocenters. The molecule has 1 aromatic heterocycles. The minimum absolute atomic E-state index is 0.123. The van der Waals surface area contributed by atoms with Gasteiger partial charge in [0.2, 0.25) is 11.0 Å². The van der Waals surface area contributed by atoms with E-state index in [1.807, 2.05) is 14.0 Å². The van der Waals surface area contributed by atoms with Gasteiger partial charge < -0.3 is 10.6 Å². The third-order valence-electron chi connectivity index (χ3n) is 3.37. The standard InChI is InChI=1S/C11H19N5OS/c1-11(9(17)12-2)4-5-16(7-11)6-8-14-15-10(13-3)18-8/h4-7H2,1-3H3,(H,12,17)(H,13,15). The molecule has 1 fully saturated rings. The Morgan fingerprint density at radius 2 is 2.28 bits per heavy atom. The van der Waals surface area contributed by atoms with Gasteiger partial charge in [-0.3, -0.25) is 9.69 Å². The summed E-state index contributed by atoms with van der Waals surface area (Å²) < 4.78 is 0. The fraction of sp³-hybridized carbons (Fsp3) is 0.727. The van der Waals surface area contributed by atoms with E-state index in [-0.39, 0.29) is 11.3 Å². The van der Waals surface area contributed by atoms with E-state index >= 15 is 0 Å². The zero-order chi connectivity index (χ0) is 13.2. The third kappa shape index (κ3) is 2.62. The number of aromatic nitrogens is 2. The highest BCUT2D eigenvalue weighted by Gasteiger charge is 2.39. The summed E-state index contributed by atoms with van der Waals surface area (Å²) in [6, 6.07) is 0. The molecule has 1 aromatic rings. The lowest BCUT2D eigenvalue weighted by Gasteiger charge is -2.22. The van der Waals surface area contributed by atoms with Crippen LogP contribution in [0.15, 0.2) is 0 Å². The van der Waals surface area contributed by atoms with Gasteiger partial charge in [0.05, 0.1) is 12.0 Å². The number of carbonyl (C=O) groups is 1. The van der Waals surface area contributed by atoms with Crippen molar-refractivity contribution < 1.29 is 4.79 Å². The second kappa shape index (κ2) is 5.19. The molecule has 0 spiro atoms. The number of carbonyl (C=O) groups excluding carboxylic acids is 1. The Morgan fingerprint density at radius 3 is 2.89 bits per heavy atom. The van der Waals surface area contributed by atoms with Crippen molar-refractivity contribution in [1.82, 2.24) is 20.4 Å². The molecular formula is C11H19N5OS. The summed E-state index contributed by atoms with van der Waals surface area (Å²) in [5.41, 5.74) is -0.273. The van der Waals surface area contributed by atoms with Gasteiger partial charge in [-0.05, 0) is 19.9 Å². The molecule has 2 rings (SSSR count). The predicted molar refractivity (Wildman–Crippen MR) is 71.5 cm³/mol. The van der Waals surface area contributed by atoms with Crippen LogP contribution < -0.4 is 10.6 Å². The van der Waals surface area contributed by atoms with E-state index in [9.17, 15) is 4.79 Å². The highest BCUT2D eigenvalue weighted by molar-refractivity contribution is 7.15. The van der Waals surface area contributed by atoms with Gasteiger partial charge in [0.25, 0.3) is 0 Å². The zero-order valence-corrected chi connectivity index (χ0v) is 11.8. The van der Waals surface area contributed by atoms with Crippen molar-refractivity contribution in [2.24, 2.45) is 5.41 Å². The lowest BCUT2D eigenvalue weighted by atomic mass is 9.89. The minimum Gasteiger partial charge on any atom is -0.363 e. The topological polar surface area (TPSA) is 70.2 Å². The van der Waals surface area contributed by atoms with Crippen molar-refractivity contribution in [3.63, 3.8) is 0 Å². The Kier molecular flexibility index (Phi) is 3.82. The van der Waals surface area contributed by atoms with E-state index in [0.717, 1.165) is 36.2 Å². The van der Waals surface area contributed by atoms with Gasteiger partial charge in [-0.1, -0.05) is 11.3 Å². The van der Waals surface area contributed by atoms with Gasteiger partial charge in [0.15, 0.2) is 0 Å². The molecule has 0 aliphatic carbocycles. The van der Waals surface area contributed by atoms with Crippen LogP contribution >= 0.6 is 11.3 Å². The average molecular weight is 269 g/mol. The molecular weight excluding hydrogens is 250 g/mol. The number of rotatable bonds is 4. The molecule has 18 heavy (non-hydrogen) atoms. The van der Waals surface area contributed by atoms with Crippen molar-refractivity contribution in [2.75, 3.05) is 32.5 Å². The minimum atomic E-state index is -0.273. The monoisotopic (exact) mass is 269 g/mol. The third-order valence-corrected chi connectivity index (χ3v) is 4.29. The largest absolute Gasteiger partial charge is 0.363 e. The first-order valence-electron chi connectivity index (χ1n) is 6.02. The molecule has 2 heterocycles. The lowest BCUT2D eigenvalue weighted by molar-refractivity contribution is -0.129. The van der Waals surface area contributed by atoms with Gasteiger partial charge in [0, 0.05) is 20.6 Å². The average Bonchev–Trinajstić information content (AvgIpc) is 2.96. The molecule has 1 aliphatic heterocycles. The highest BCUT2D eigenvalue weighted by Crippen LogP contribution is 2.31. The SMILES string of the molecule is CNC(=O)C1(C)CCN(Cc2nnc(NC)s2)C1. The van der Waals surface area contributed by atoms with E-state index in [4.69, 9.17) is 0 Å². The molecule has 1 saturated heterocycles. The van der Waals surface area contributed by atoms with E-state index in [1.165, 1.54) is 0 Å². The van der Waals surface area contributed by atoms with Crippen LogP contribution in [0, 0.1) is 5.41 Å². The molecule has 7 heteroatoms. The van der Waals surface area contributed by atoms with Crippen LogP contribution in [-0.4, -0.2) is 48.2 Å². The summed E-state index contributed by atoms with van der Waals surface area (Å²) in [4.78, 5) is 14.1. The zero-order valence-electron chi connectivity index (χ0n) is 11.0. The van der Waals surface area contributed by atoms with Crippen molar-refractivity contribution in [3.05, 3.63) is 5.01 Å². The molecule has 1 aliphatic rings. The number of nitrogens with one attached hydrogen (secondary N) is 2. The van der Waals surface area contributed by atoms with Crippen LogP contribution in [0.3, 0.4) is 0 Å². The molecule has 1 amide bonds. The van der Waals surface area contributed by atoms with Gasteiger partial charge in [0.1, 0.15) is 5.01 Å². The number of likely N-dealkylation sites (tertiary alicyclic amines) is 1. The van der Waals surface area contributed by atoms with E-state index in [1.54, 1.807) is 18.4 Å². The van der Waals surface area contributed by atoms with Crippen LogP contribution in [0.25, 0.3) is 0 Å². The number of hydrogen-bond acceptors (Lipinski definition) is 6. The smallest absolute Gasteiger partial charge is 0.227 e. The van der Waals surface area contributed by atoms with Crippen molar-refractivity contribution in [1.29, 1.82) is 0 Å². The van der Waals surface area contributed by atoms with Gasteiger partial charge in [-0.15, -0.1) is 10.2 Å². The Hall–Kier alpha value is -1.21. The summed E-state index contributed by atoms with van der Waals surface area (Å²) in [5, 5.41) is 15.7. The van der Waals surface area contributed by atoms with Gasteiger partial charge in [-0.25, -0.2) is 0 Å². The van der Waals surface area contributed by atoms with Crippen LogP contribution in [0.1, 0.15) is 18.4 Å². The number of nitrogens with zero attached hydrogens (tertiary/aromatic N) is 3. The van der Waals surface area contributed by atoms with Crippen molar-refractivity contribution >= 4 is 22.4 Å². The molecule has 2 N–H and O–H groups in total. The number of anilines is 1. The maximum absolute atomic E-state index is 11.8. The van der Waals surface area contributed by atoms with Crippen molar-refractivity contribution in [2.45, 2.75) is 19.9 Å². The van der Waals surface area contributed by atoms with Crippen LogP contribution in [0.5, 0.6) is 0 Å². The highest BCUT2D eigenvalue weighted by atomic mass is 32.1. The second-order valence-electron chi connectivity index (χ2n) is 4.85. The van der Waals surface area contributed by atoms with Gasteiger partial charge >= 0.3 is 0 Å². The molecule has 6 nitrogen and oxygen atoms in total. The van der Waals surface area contributed by atoms with E-state index in [0.29, 0.717) is 0 Å². The Morgan fingerprint density at radius 1 is 1.50 bits per heavy atom. The summed E-state index contributed by atoms with van der Waals surface area (Å²) >= 11 is 1.56. The second-order valence-corrected chi connectivity index (χ2v) is 5.91. The Balaban J connectivity index is 1.95. The van der Waals surface area contributed by atoms with Crippen LogP contribution in [0.4, 0.5) is 5.13 Å². The van der Waals surface area contributed by atoms with Crippen LogP contribution in [-0.2, 0) is 11.3 Å². The summed E-state index contributed by atoms with van der Waals surface area (Å²) in [6.45, 7) is 4.50. The van der Waals surface area contributed by atoms with Crippen molar-refractivity contribution in [3.8, 4) is 0 Å². The maximum Gasteiger partial charge on any atom is 0.227 e. The fourth-order valence-corrected chi connectivity index (χ4v) is 3.02. The van der Waals surface area contributed by atoms with E-state index in [2.05, 4.69) is 25.7 Å².